The number of amides is 4. The molecule has 1 unspecified atom stereocenters. The van der Waals surface area contributed by atoms with Gasteiger partial charge in [-0.25, -0.2) is 0 Å². The number of carbonyl (C=O) groups excluding carboxylic acids is 4. The maximum atomic E-state index is 13.6. The monoisotopic (exact) mass is 641 g/mol. The fourth-order valence-corrected chi connectivity index (χ4v) is 7.51. The lowest BCUT2D eigenvalue weighted by molar-refractivity contribution is -0.137. The van der Waals surface area contributed by atoms with Crippen LogP contribution < -0.4 is 10.6 Å². The SMILES string of the molecule is Cc1sc2c(c1C)C(c1ccc(Cl)cc1)=N[C@@H](CC(=O)Nc1ccc3c(c1)CN(C1CCC(=O)NC1=O)C3=O)c1nnc(C)n1-2. The van der Waals surface area contributed by atoms with Crippen molar-refractivity contribution in [1.82, 2.24) is 25.0 Å². The summed E-state index contributed by atoms with van der Waals surface area (Å²) in [5.41, 5.74) is 5.42. The maximum Gasteiger partial charge on any atom is 0.255 e. The quantitative estimate of drug-likeness (QED) is 0.306. The summed E-state index contributed by atoms with van der Waals surface area (Å²) in [6, 6.07) is 11.3. The summed E-state index contributed by atoms with van der Waals surface area (Å²) in [5.74, 6) is -0.0741. The summed E-state index contributed by atoms with van der Waals surface area (Å²) in [7, 11) is 0. The fraction of sp³-hybridized carbons (Fsp3) is 0.281. The molecule has 2 atom stereocenters. The second-order valence-corrected chi connectivity index (χ2v) is 13.1. The molecule has 0 spiro atoms. The molecular formula is C32H28ClN7O4S. The van der Waals surface area contributed by atoms with Crippen molar-refractivity contribution in [2.24, 2.45) is 4.99 Å². The number of carbonyl (C=O) groups is 4. The maximum absolute atomic E-state index is 13.6. The van der Waals surface area contributed by atoms with Crippen LogP contribution >= 0.6 is 22.9 Å². The first kappa shape index (κ1) is 29.1. The summed E-state index contributed by atoms with van der Waals surface area (Å²) < 4.78 is 1.99. The number of hydrogen-bond acceptors (Lipinski definition) is 8. The van der Waals surface area contributed by atoms with Crippen molar-refractivity contribution in [3.8, 4) is 5.00 Å². The van der Waals surface area contributed by atoms with Crippen molar-refractivity contribution >= 4 is 58.0 Å². The lowest BCUT2D eigenvalue weighted by atomic mass is 9.99. The highest BCUT2D eigenvalue weighted by molar-refractivity contribution is 7.15. The van der Waals surface area contributed by atoms with Gasteiger partial charge in [0, 0.05) is 45.2 Å². The topological polar surface area (TPSA) is 139 Å². The molecule has 0 bridgehead atoms. The number of nitrogens with one attached hydrogen (secondary N) is 2. The van der Waals surface area contributed by atoms with Crippen molar-refractivity contribution in [2.75, 3.05) is 5.32 Å². The highest BCUT2D eigenvalue weighted by Crippen LogP contribution is 2.40. The van der Waals surface area contributed by atoms with Crippen LogP contribution in [0, 0.1) is 20.8 Å². The molecule has 228 valence electrons. The van der Waals surface area contributed by atoms with Crippen LogP contribution in [0.5, 0.6) is 0 Å². The Morgan fingerprint density at radius 3 is 2.62 bits per heavy atom. The highest BCUT2D eigenvalue weighted by Gasteiger charge is 2.39. The standard InChI is InChI=1S/C32H28ClN7O4S/c1-15-16(2)45-32-27(15)28(18-4-6-20(33)7-5-18)35-23(29-38-37-17(3)40(29)32)13-26(42)34-21-8-9-22-19(12-21)14-39(31(22)44)24-10-11-25(41)36-30(24)43/h4-9,12,23-24H,10-11,13-14H2,1-3H3,(H,34,42)(H,36,41,43)/t23-,24?/m0/s1. The number of piperidine rings is 1. The van der Waals surface area contributed by atoms with Crippen LogP contribution in [0.1, 0.15) is 74.4 Å². The Labute approximate surface area is 267 Å². The molecule has 7 rings (SSSR count). The number of aliphatic imine (C=N–C) groups is 1. The third-order valence-corrected chi connectivity index (χ3v) is 9.99. The van der Waals surface area contributed by atoms with Crippen LogP contribution in [0.15, 0.2) is 47.5 Å². The van der Waals surface area contributed by atoms with Gasteiger partial charge in [0.05, 0.1) is 12.1 Å². The third-order valence-electron chi connectivity index (χ3n) is 8.54. The van der Waals surface area contributed by atoms with E-state index in [0.717, 1.165) is 32.3 Å². The smallest absolute Gasteiger partial charge is 0.255 e. The number of rotatable bonds is 5. The van der Waals surface area contributed by atoms with E-state index in [1.54, 1.807) is 29.5 Å². The molecule has 2 aromatic heterocycles. The van der Waals surface area contributed by atoms with Gasteiger partial charge in [-0.1, -0.05) is 23.7 Å². The Kier molecular flexibility index (Phi) is 7.13. The van der Waals surface area contributed by atoms with Gasteiger partial charge >= 0.3 is 0 Å². The first-order chi connectivity index (χ1) is 21.6. The zero-order chi connectivity index (χ0) is 31.6. The number of imide groups is 1. The number of hydrogen-bond donors (Lipinski definition) is 2. The number of fused-ring (bicyclic) bond motifs is 4. The van der Waals surface area contributed by atoms with E-state index in [1.165, 1.54) is 4.90 Å². The second-order valence-electron chi connectivity index (χ2n) is 11.4. The molecule has 0 saturated carbocycles. The molecule has 3 aliphatic heterocycles. The summed E-state index contributed by atoms with van der Waals surface area (Å²) in [6.07, 6.45) is 0.464. The number of benzene rings is 2. The summed E-state index contributed by atoms with van der Waals surface area (Å²) in [6.45, 7) is 6.25. The van der Waals surface area contributed by atoms with E-state index in [1.807, 2.05) is 35.8 Å². The number of aryl methyl sites for hydroxylation is 2. The number of aromatic nitrogens is 3. The van der Waals surface area contributed by atoms with E-state index >= 15 is 0 Å². The van der Waals surface area contributed by atoms with Crippen LogP contribution in [-0.4, -0.2) is 55.0 Å². The Hall–Kier alpha value is -4.68. The van der Waals surface area contributed by atoms with E-state index in [-0.39, 0.29) is 43.5 Å². The molecular weight excluding hydrogens is 614 g/mol. The summed E-state index contributed by atoms with van der Waals surface area (Å²) >= 11 is 7.85. The molecule has 2 aromatic carbocycles. The third kappa shape index (κ3) is 5.03. The molecule has 5 heterocycles. The van der Waals surface area contributed by atoms with E-state index in [9.17, 15) is 19.2 Å². The number of anilines is 1. The Morgan fingerprint density at radius 1 is 1.09 bits per heavy atom. The minimum Gasteiger partial charge on any atom is -0.326 e. The average Bonchev–Trinajstić information content (AvgIpc) is 3.60. The molecule has 0 aliphatic carbocycles. The summed E-state index contributed by atoms with van der Waals surface area (Å²) in [5, 5.41) is 15.7. The lowest BCUT2D eigenvalue weighted by Crippen LogP contribution is -2.52. The molecule has 45 heavy (non-hydrogen) atoms. The van der Waals surface area contributed by atoms with Crippen molar-refractivity contribution in [3.63, 3.8) is 0 Å². The molecule has 1 fully saturated rings. The van der Waals surface area contributed by atoms with E-state index < -0.39 is 18.0 Å². The number of nitrogens with zero attached hydrogens (tertiary/aromatic N) is 5. The molecule has 4 amide bonds. The molecule has 13 heteroatoms. The minimum atomic E-state index is -0.708. The Balaban J connectivity index is 1.17. The molecule has 4 aromatic rings. The molecule has 1 saturated heterocycles. The summed E-state index contributed by atoms with van der Waals surface area (Å²) in [4.78, 5) is 58.4. The Bertz CT molecular complexity index is 1960. The van der Waals surface area contributed by atoms with Gasteiger partial charge in [0.1, 0.15) is 22.9 Å². The van der Waals surface area contributed by atoms with Gasteiger partial charge in [-0.15, -0.1) is 21.5 Å². The van der Waals surface area contributed by atoms with Gasteiger partial charge < -0.3 is 10.2 Å². The van der Waals surface area contributed by atoms with E-state index in [4.69, 9.17) is 16.6 Å². The molecule has 3 aliphatic rings. The minimum absolute atomic E-state index is 0.000603. The number of thiophene rings is 1. The van der Waals surface area contributed by atoms with Crippen LogP contribution in [0.4, 0.5) is 5.69 Å². The van der Waals surface area contributed by atoms with Gasteiger partial charge in [0.2, 0.25) is 17.7 Å². The first-order valence-corrected chi connectivity index (χ1v) is 15.7. The van der Waals surface area contributed by atoms with Gasteiger partial charge in [-0.2, -0.15) is 0 Å². The van der Waals surface area contributed by atoms with Gasteiger partial charge in [0.15, 0.2) is 5.82 Å². The zero-order valence-electron chi connectivity index (χ0n) is 24.7. The Morgan fingerprint density at radius 2 is 1.87 bits per heavy atom. The number of halogens is 1. The predicted molar refractivity (Wildman–Crippen MR) is 169 cm³/mol. The van der Waals surface area contributed by atoms with E-state index in [2.05, 4.69) is 34.7 Å². The van der Waals surface area contributed by atoms with E-state index in [0.29, 0.717) is 33.5 Å². The van der Waals surface area contributed by atoms with Crippen LogP contribution in [0.25, 0.3) is 5.00 Å². The van der Waals surface area contributed by atoms with Gasteiger partial charge in [-0.3, -0.25) is 34.1 Å². The largest absolute Gasteiger partial charge is 0.326 e. The van der Waals surface area contributed by atoms with Gasteiger partial charge in [-0.05, 0) is 68.7 Å². The normalized spacial score (nSPS) is 19.0. The second kappa shape index (κ2) is 11.0. The molecule has 0 radical (unpaired) electrons. The van der Waals surface area contributed by atoms with Crippen LogP contribution in [-0.2, 0) is 20.9 Å². The van der Waals surface area contributed by atoms with Gasteiger partial charge in [0.25, 0.3) is 5.91 Å². The van der Waals surface area contributed by atoms with Crippen LogP contribution in [0.2, 0.25) is 5.02 Å². The highest BCUT2D eigenvalue weighted by atomic mass is 35.5. The first-order valence-electron chi connectivity index (χ1n) is 14.5. The van der Waals surface area contributed by atoms with Crippen molar-refractivity contribution < 1.29 is 19.2 Å². The lowest BCUT2D eigenvalue weighted by Gasteiger charge is -2.29. The predicted octanol–water partition coefficient (Wildman–Crippen LogP) is 4.59. The fourth-order valence-electron chi connectivity index (χ4n) is 6.17. The molecule has 2 N–H and O–H groups in total. The van der Waals surface area contributed by atoms with Crippen LogP contribution in [0.3, 0.4) is 0 Å². The van der Waals surface area contributed by atoms with Crippen molar-refractivity contribution in [1.29, 1.82) is 0 Å². The van der Waals surface area contributed by atoms with Crippen molar-refractivity contribution in [3.05, 3.63) is 91.8 Å². The zero-order valence-corrected chi connectivity index (χ0v) is 26.3. The van der Waals surface area contributed by atoms with Crippen molar-refractivity contribution in [2.45, 2.75) is 58.7 Å². The average molecular weight is 642 g/mol. The molecule has 11 nitrogen and oxygen atoms in total.